The first-order valence-corrected chi connectivity index (χ1v) is 14.0. The van der Waals surface area contributed by atoms with E-state index in [1.54, 1.807) is 0 Å². The predicted molar refractivity (Wildman–Crippen MR) is 133 cm³/mol. The van der Waals surface area contributed by atoms with Crippen molar-refractivity contribution < 1.29 is 15.0 Å². The normalized spacial score (nSPS) is 58.0. The Balaban J connectivity index is 1.62. The van der Waals surface area contributed by atoms with Crippen LogP contribution in [0.5, 0.6) is 0 Å². The molecule has 5 aliphatic rings. The summed E-state index contributed by atoms with van der Waals surface area (Å²) in [5, 5.41) is 23.4. The average molecular weight is 459 g/mol. The van der Waals surface area contributed by atoms with E-state index < -0.39 is 11.5 Å². The van der Waals surface area contributed by atoms with Gasteiger partial charge < -0.3 is 10.2 Å². The number of aliphatic hydroxyl groups excluding tert-OH is 2. The third-order valence-electron chi connectivity index (χ3n) is 13.6. The maximum absolute atomic E-state index is 12.7. The SMILES string of the molecule is C[C@H]1C(=O)CC[C@@H]2[C@]3(C)CC[C@@]4(C)[C@@H]5CC(C)(C)CC[C@]5(C)C[C@H](O)[C@]4(CO)[C@H]3CC[C@]21C. The molecule has 3 heteroatoms. The number of rotatable bonds is 1. The number of fused-ring (bicyclic) bond motifs is 7. The average Bonchev–Trinajstić information content (AvgIpc) is 2.73. The number of hydrogen-bond acceptors (Lipinski definition) is 3. The van der Waals surface area contributed by atoms with Gasteiger partial charge >= 0.3 is 0 Å². The lowest BCUT2D eigenvalue weighted by atomic mass is 9.29. The molecule has 0 radical (unpaired) electrons. The maximum atomic E-state index is 12.7. The lowest BCUT2D eigenvalue weighted by molar-refractivity contribution is -0.307. The van der Waals surface area contributed by atoms with E-state index in [1.807, 2.05) is 0 Å². The highest BCUT2D eigenvalue weighted by Gasteiger charge is 2.74. The van der Waals surface area contributed by atoms with Gasteiger partial charge in [-0.05, 0) is 103 Å². The van der Waals surface area contributed by atoms with E-state index in [4.69, 9.17) is 0 Å². The van der Waals surface area contributed by atoms with Crippen LogP contribution >= 0.6 is 0 Å². The highest BCUT2D eigenvalue weighted by molar-refractivity contribution is 5.82. The van der Waals surface area contributed by atoms with Crippen LogP contribution in [0.2, 0.25) is 0 Å². The van der Waals surface area contributed by atoms with Crippen LogP contribution in [-0.4, -0.2) is 28.7 Å². The number of carbonyl (C=O) groups excluding carboxylic acids is 1. The van der Waals surface area contributed by atoms with Crippen molar-refractivity contribution in [2.24, 2.45) is 56.2 Å². The predicted octanol–water partition coefficient (Wildman–Crippen LogP) is 6.40. The Morgan fingerprint density at radius 2 is 1.52 bits per heavy atom. The topological polar surface area (TPSA) is 57.5 Å². The van der Waals surface area contributed by atoms with Gasteiger partial charge in [0.2, 0.25) is 0 Å². The van der Waals surface area contributed by atoms with Crippen LogP contribution in [0.1, 0.15) is 113 Å². The zero-order chi connectivity index (χ0) is 24.2. The van der Waals surface area contributed by atoms with E-state index in [2.05, 4.69) is 48.5 Å². The van der Waals surface area contributed by atoms with Gasteiger partial charge in [-0.15, -0.1) is 0 Å². The van der Waals surface area contributed by atoms with Gasteiger partial charge in [-0.1, -0.05) is 48.5 Å². The number of ketones is 1. The molecule has 0 bridgehead atoms. The van der Waals surface area contributed by atoms with Gasteiger partial charge in [0.1, 0.15) is 5.78 Å². The fourth-order valence-corrected chi connectivity index (χ4v) is 11.4. The summed E-state index contributed by atoms with van der Waals surface area (Å²) in [6.45, 7) is 16.9. The summed E-state index contributed by atoms with van der Waals surface area (Å²) in [6, 6.07) is 0. The molecule has 5 fully saturated rings. The highest BCUT2D eigenvalue weighted by Crippen LogP contribution is 2.78. The molecule has 188 valence electrons. The third-order valence-corrected chi connectivity index (χ3v) is 13.6. The molecular weight excluding hydrogens is 408 g/mol. The molecule has 33 heavy (non-hydrogen) atoms. The van der Waals surface area contributed by atoms with Crippen molar-refractivity contribution in [2.75, 3.05) is 6.61 Å². The van der Waals surface area contributed by atoms with E-state index in [0.29, 0.717) is 35.4 Å². The van der Waals surface area contributed by atoms with Crippen molar-refractivity contribution >= 4 is 5.78 Å². The van der Waals surface area contributed by atoms with Gasteiger partial charge in [0.05, 0.1) is 12.7 Å². The van der Waals surface area contributed by atoms with Gasteiger partial charge in [0.15, 0.2) is 0 Å². The van der Waals surface area contributed by atoms with Crippen LogP contribution in [0.4, 0.5) is 0 Å². The van der Waals surface area contributed by atoms with E-state index >= 15 is 0 Å². The van der Waals surface area contributed by atoms with Crippen LogP contribution in [0, 0.1) is 56.2 Å². The third kappa shape index (κ3) is 2.85. The number of carbonyl (C=O) groups is 1. The van der Waals surface area contributed by atoms with Gasteiger partial charge in [-0.25, -0.2) is 0 Å². The Morgan fingerprint density at radius 1 is 0.818 bits per heavy atom. The van der Waals surface area contributed by atoms with Gasteiger partial charge in [0.25, 0.3) is 0 Å². The molecule has 10 atom stereocenters. The number of Topliss-reactive ketones (excluding diaryl/α,β-unsaturated/α-hetero) is 1. The lowest BCUT2D eigenvalue weighted by Gasteiger charge is -2.76. The summed E-state index contributed by atoms with van der Waals surface area (Å²) in [7, 11) is 0. The van der Waals surface area contributed by atoms with Crippen LogP contribution in [0.15, 0.2) is 0 Å². The molecule has 0 aromatic carbocycles. The van der Waals surface area contributed by atoms with E-state index in [-0.39, 0.29) is 34.2 Å². The Labute approximate surface area is 202 Å². The summed E-state index contributed by atoms with van der Waals surface area (Å²) in [5.41, 5.74) is 0.186. The maximum Gasteiger partial charge on any atom is 0.136 e. The Morgan fingerprint density at radius 3 is 2.18 bits per heavy atom. The van der Waals surface area contributed by atoms with Gasteiger partial charge in [-0.3, -0.25) is 4.79 Å². The van der Waals surface area contributed by atoms with E-state index in [0.717, 1.165) is 32.1 Å². The van der Waals surface area contributed by atoms with Crippen LogP contribution in [-0.2, 0) is 4.79 Å². The molecule has 0 heterocycles. The Bertz CT molecular complexity index is 834. The minimum atomic E-state index is -0.438. The molecule has 0 saturated heterocycles. The molecule has 0 aliphatic heterocycles. The standard InChI is InChI=1S/C30H50O3/c1-19-20(32)8-9-21-27(19,5)11-10-22-28(21,6)14-15-29(7)23-16-25(2,3)12-13-26(23,4)17-24(33)30(22,29)18-31/h19,21-24,31,33H,8-18H2,1-7H3/t19-,21-,22-,23+,24-,26+,27-,28-,29-,30-/m0/s1. The van der Waals surface area contributed by atoms with Crippen molar-refractivity contribution in [1.29, 1.82) is 0 Å². The summed E-state index contributed by atoms with van der Waals surface area (Å²) in [5.74, 6) is 1.97. The number of aliphatic hydroxyl groups is 2. The molecule has 0 spiro atoms. The van der Waals surface area contributed by atoms with E-state index in [1.165, 1.54) is 25.7 Å². The van der Waals surface area contributed by atoms with Crippen LogP contribution < -0.4 is 0 Å². The quantitative estimate of drug-likeness (QED) is 0.478. The zero-order valence-corrected chi connectivity index (χ0v) is 22.5. The minimum Gasteiger partial charge on any atom is -0.396 e. The smallest absolute Gasteiger partial charge is 0.136 e. The summed E-state index contributed by atoms with van der Waals surface area (Å²) < 4.78 is 0. The van der Waals surface area contributed by atoms with Crippen molar-refractivity contribution in [3.05, 3.63) is 0 Å². The van der Waals surface area contributed by atoms with Crippen molar-refractivity contribution in [1.82, 2.24) is 0 Å². The second-order valence-electron chi connectivity index (χ2n) is 15.3. The first kappa shape index (κ1) is 24.3. The summed E-state index contributed by atoms with van der Waals surface area (Å²) in [4.78, 5) is 12.7. The molecule has 0 aromatic heterocycles. The van der Waals surface area contributed by atoms with Crippen molar-refractivity contribution in [3.8, 4) is 0 Å². The molecular formula is C30H50O3. The number of hydrogen-bond donors (Lipinski definition) is 2. The van der Waals surface area contributed by atoms with Crippen LogP contribution in [0.3, 0.4) is 0 Å². The molecule has 5 saturated carbocycles. The largest absolute Gasteiger partial charge is 0.396 e. The van der Waals surface area contributed by atoms with Gasteiger partial charge in [-0.2, -0.15) is 0 Å². The second-order valence-corrected chi connectivity index (χ2v) is 15.3. The molecule has 0 unspecified atom stereocenters. The summed E-state index contributed by atoms with van der Waals surface area (Å²) >= 11 is 0. The fourth-order valence-electron chi connectivity index (χ4n) is 11.4. The molecule has 2 N–H and O–H groups in total. The fraction of sp³-hybridized carbons (Fsp3) is 0.967. The molecule has 0 amide bonds. The van der Waals surface area contributed by atoms with Crippen molar-refractivity contribution in [2.45, 2.75) is 119 Å². The molecule has 0 aromatic rings. The Kier molecular flexibility index (Phi) is 5.22. The monoisotopic (exact) mass is 458 g/mol. The zero-order valence-electron chi connectivity index (χ0n) is 22.5. The van der Waals surface area contributed by atoms with Gasteiger partial charge in [0, 0.05) is 17.8 Å². The molecule has 3 nitrogen and oxygen atoms in total. The van der Waals surface area contributed by atoms with E-state index in [9.17, 15) is 15.0 Å². The Hall–Kier alpha value is -0.410. The van der Waals surface area contributed by atoms with Crippen LogP contribution in [0.25, 0.3) is 0 Å². The molecule has 5 rings (SSSR count). The first-order chi connectivity index (χ1) is 15.2. The first-order valence-electron chi connectivity index (χ1n) is 14.0. The molecule has 5 aliphatic carbocycles. The van der Waals surface area contributed by atoms with Crippen molar-refractivity contribution in [3.63, 3.8) is 0 Å². The minimum absolute atomic E-state index is 0.0418. The summed E-state index contributed by atoms with van der Waals surface area (Å²) in [6.07, 6.45) is 10.1. The highest BCUT2D eigenvalue weighted by atomic mass is 16.3. The lowest BCUT2D eigenvalue weighted by Crippen LogP contribution is -2.73. The second kappa shape index (κ2) is 7.09.